The lowest BCUT2D eigenvalue weighted by Gasteiger charge is -2.08. The zero-order valence-electron chi connectivity index (χ0n) is 10.2. The summed E-state index contributed by atoms with van der Waals surface area (Å²) in [6.07, 6.45) is 1.81. The molecule has 18 heavy (non-hydrogen) atoms. The molecule has 1 aromatic heterocycles. The number of halogens is 1. The molecule has 0 aliphatic heterocycles. The van der Waals surface area contributed by atoms with Crippen molar-refractivity contribution in [2.24, 2.45) is 0 Å². The summed E-state index contributed by atoms with van der Waals surface area (Å²) in [5.74, 6) is 1.94. The van der Waals surface area contributed by atoms with E-state index < -0.39 is 0 Å². The lowest BCUT2D eigenvalue weighted by atomic mass is 10.3. The van der Waals surface area contributed by atoms with Crippen LogP contribution in [0.25, 0.3) is 0 Å². The highest BCUT2D eigenvalue weighted by atomic mass is 35.5. The van der Waals surface area contributed by atoms with Crippen molar-refractivity contribution in [2.75, 3.05) is 11.1 Å². The van der Waals surface area contributed by atoms with E-state index in [4.69, 9.17) is 17.3 Å². The smallest absolute Gasteiger partial charge is 0.136 e. The van der Waals surface area contributed by atoms with Gasteiger partial charge in [-0.15, -0.1) is 0 Å². The van der Waals surface area contributed by atoms with Crippen LogP contribution >= 0.6 is 11.6 Å². The molecule has 5 heteroatoms. The summed E-state index contributed by atoms with van der Waals surface area (Å²) in [6.45, 7) is 2.08. The van der Waals surface area contributed by atoms with Crippen molar-refractivity contribution in [3.63, 3.8) is 0 Å². The molecule has 1 aromatic carbocycles. The Morgan fingerprint density at radius 3 is 2.61 bits per heavy atom. The maximum atomic E-state index is 5.83. The second kappa shape index (κ2) is 5.69. The maximum absolute atomic E-state index is 5.83. The van der Waals surface area contributed by atoms with E-state index in [1.165, 1.54) is 0 Å². The second-order valence-corrected chi connectivity index (χ2v) is 4.41. The number of benzene rings is 1. The summed E-state index contributed by atoms with van der Waals surface area (Å²) in [7, 11) is 0. The summed E-state index contributed by atoms with van der Waals surface area (Å²) in [5, 5.41) is 3.88. The van der Waals surface area contributed by atoms with Crippen LogP contribution in [0, 0.1) is 0 Å². The first kappa shape index (κ1) is 12.6. The summed E-state index contributed by atoms with van der Waals surface area (Å²) in [4.78, 5) is 8.59. The first-order valence-corrected chi connectivity index (χ1v) is 6.21. The zero-order valence-corrected chi connectivity index (χ0v) is 10.9. The topological polar surface area (TPSA) is 63.8 Å². The van der Waals surface area contributed by atoms with Gasteiger partial charge in [0, 0.05) is 23.2 Å². The average Bonchev–Trinajstić information content (AvgIpc) is 2.32. The molecule has 0 fully saturated rings. The molecular weight excluding hydrogens is 248 g/mol. The Kier molecular flexibility index (Phi) is 3.99. The van der Waals surface area contributed by atoms with Gasteiger partial charge >= 0.3 is 0 Å². The van der Waals surface area contributed by atoms with Gasteiger partial charge in [0.05, 0.1) is 0 Å². The molecule has 0 aliphatic rings. The predicted molar refractivity (Wildman–Crippen MR) is 75.2 cm³/mol. The van der Waals surface area contributed by atoms with E-state index in [9.17, 15) is 0 Å². The van der Waals surface area contributed by atoms with Crippen LogP contribution < -0.4 is 11.1 Å². The van der Waals surface area contributed by atoms with Gasteiger partial charge in [-0.3, -0.25) is 0 Å². The molecule has 3 N–H and O–H groups in total. The van der Waals surface area contributed by atoms with Gasteiger partial charge in [-0.2, -0.15) is 0 Å². The van der Waals surface area contributed by atoms with E-state index in [1.807, 2.05) is 24.3 Å². The van der Waals surface area contributed by atoms with Crippen molar-refractivity contribution in [3.05, 3.63) is 41.2 Å². The number of hydrogen-bond acceptors (Lipinski definition) is 4. The number of hydrogen-bond donors (Lipinski definition) is 2. The molecule has 0 spiro atoms. The van der Waals surface area contributed by atoms with Crippen LogP contribution in [0.4, 0.5) is 17.3 Å². The maximum Gasteiger partial charge on any atom is 0.136 e. The molecule has 2 rings (SSSR count). The molecule has 0 atom stereocenters. The van der Waals surface area contributed by atoms with Crippen molar-refractivity contribution in [3.8, 4) is 0 Å². The Hall–Kier alpha value is -1.81. The summed E-state index contributed by atoms with van der Waals surface area (Å²) in [5.41, 5.74) is 6.67. The van der Waals surface area contributed by atoms with Crippen LogP contribution in [0.5, 0.6) is 0 Å². The molecule has 1 heterocycles. The first-order valence-electron chi connectivity index (χ1n) is 5.83. The number of rotatable bonds is 4. The van der Waals surface area contributed by atoms with Gasteiger partial charge in [-0.1, -0.05) is 18.5 Å². The number of anilines is 3. The van der Waals surface area contributed by atoms with Crippen LogP contribution in [-0.4, -0.2) is 9.97 Å². The molecule has 0 saturated carbocycles. The van der Waals surface area contributed by atoms with E-state index in [0.29, 0.717) is 16.7 Å². The fraction of sp³-hybridized carbons (Fsp3) is 0.231. The number of aromatic nitrogens is 2. The molecule has 0 amide bonds. The van der Waals surface area contributed by atoms with Gasteiger partial charge in [-0.05, 0) is 30.7 Å². The fourth-order valence-electron chi connectivity index (χ4n) is 1.60. The van der Waals surface area contributed by atoms with Gasteiger partial charge < -0.3 is 11.1 Å². The third kappa shape index (κ3) is 3.34. The van der Waals surface area contributed by atoms with Crippen LogP contribution in [0.1, 0.15) is 19.2 Å². The van der Waals surface area contributed by atoms with Crippen molar-refractivity contribution < 1.29 is 0 Å². The summed E-state index contributed by atoms with van der Waals surface area (Å²) >= 11 is 5.83. The third-order valence-electron chi connectivity index (χ3n) is 2.38. The van der Waals surface area contributed by atoms with Gasteiger partial charge in [-0.25, -0.2) is 9.97 Å². The van der Waals surface area contributed by atoms with E-state index in [1.54, 1.807) is 6.07 Å². The zero-order chi connectivity index (χ0) is 13.0. The normalized spacial score (nSPS) is 10.3. The van der Waals surface area contributed by atoms with Crippen molar-refractivity contribution in [1.29, 1.82) is 0 Å². The molecule has 4 nitrogen and oxygen atoms in total. The molecule has 0 saturated heterocycles. The number of nitrogen functional groups attached to an aromatic ring is 1. The minimum atomic E-state index is 0.477. The number of nitrogens with zero attached hydrogens (tertiary/aromatic N) is 2. The Morgan fingerprint density at radius 2 is 1.94 bits per heavy atom. The highest BCUT2D eigenvalue weighted by Gasteiger charge is 2.02. The Morgan fingerprint density at radius 1 is 1.22 bits per heavy atom. The van der Waals surface area contributed by atoms with Gasteiger partial charge in [0.15, 0.2) is 0 Å². The standard InChI is InChI=1S/C13H15ClN4/c1-2-3-12-17-11(15)8-13(18-12)16-10-6-4-9(14)5-7-10/h4-8H,2-3H2,1H3,(H3,15,16,17,18). The molecular formula is C13H15ClN4. The van der Waals surface area contributed by atoms with Crippen LogP contribution in [0.3, 0.4) is 0 Å². The number of aryl methyl sites for hydroxylation is 1. The van der Waals surface area contributed by atoms with Gasteiger partial charge in [0.2, 0.25) is 0 Å². The quantitative estimate of drug-likeness (QED) is 0.886. The number of nitrogens with one attached hydrogen (secondary N) is 1. The van der Waals surface area contributed by atoms with E-state index in [2.05, 4.69) is 22.2 Å². The van der Waals surface area contributed by atoms with Crippen molar-refractivity contribution in [2.45, 2.75) is 19.8 Å². The van der Waals surface area contributed by atoms with E-state index in [0.717, 1.165) is 24.4 Å². The lowest BCUT2D eigenvalue weighted by Crippen LogP contribution is -2.03. The largest absolute Gasteiger partial charge is 0.384 e. The second-order valence-electron chi connectivity index (χ2n) is 3.98. The van der Waals surface area contributed by atoms with Crippen molar-refractivity contribution in [1.82, 2.24) is 9.97 Å². The SMILES string of the molecule is CCCc1nc(N)cc(Nc2ccc(Cl)cc2)n1. The molecule has 0 unspecified atom stereocenters. The molecule has 0 aliphatic carbocycles. The van der Waals surface area contributed by atoms with E-state index >= 15 is 0 Å². The Bertz CT molecular complexity index is 525. The third-order valence-corrected chi connectivity index (χ3v) is 2.63. The van der Waals surface area contributed by atoms with Gasteiger partial charge in [0.25, 0.3) is 0 Å². The fourth-order valence-corrected chi connectivity index (χ4v) is 1.72. The van der Waals surface area contributed by atoms with E-state index in [-0.39, 0.29) is 0 Å². The highest BCUT2D eigenvalue weighted by Crippen LogP contribution is 2.18. The monoisotopic (exact) mass is 262 g/mol. The van der Waals surface area contributed by atoms with Gasteiger partial charge in [0.1, 0.15) is 17.5 Å². The van der Waals surface area contributed by atoms with Crippen LogP contribution in [0.2, 0.25) is 5.02 Å². The van der Waals surface area contributed by atoms with Crippen molar-refractivity contribution >= 4 is 28.9 Å². The molecule has 0 bridgehead atoms. The Balaban J connectivity index is 2.20. The summed E-state index contributed by atoms with van der Waals surface area (Å²) in [6, 6.07) is 9.14. The average molecular weight is 263 g/mol. The number of nitrogens with two attached hydrogens (primary N) is 1. The molecule has 2 aromatic rings. The first-order chi connectivity index (χ1) is 8.67. The minimum absolute atomic E-state index is 0.477. The van der Waals surface area contributed by atoms with Crippen LogP contribution in [0.15, 0.2) is 30.3 Å². The predicted octanol–water partition coefficient (Wildman–Crippen LogP) is 3.41. The highest BCUT2D eigenvalue weighted by molar-refractivity contribution is 6.30. The Labute approximate surface area is 111 Å². The molecule has 0 radical (unpaired) electrons. The lowest BCUT2D eigenvalue weighted by molar-refractivity contribution is 0.839. The molecule has 94 valence electrons. The minimum Gasteiger partial charge on any atom is -0.384 e. The van der Waals surface area contributed by atoms with Crippen LogP contribution in [-0.2, 0) is 6.42 Å². The summed E-state index contributed by atoms with van der Waals surface area (Å²) < 4.78 is 0.